The van der Waals surface area contributed by atoms with Crippen molar-refractivity contribution >= 4 is 17.7 Å². The van der Waals surface area contributed by atoms with E-state index in [-0.39, 0.29) is 0 Å². The zero-order chi connectivity index (χ0) is 9.36. The van der Waals surface area contributed by atoms with E-state index in [1.54, 1.807) is 11.9 Å². The van der Waals surface area contributed by atoms with Crippen molar-refractivity contribution in [3.8, 4) is 0 Å². The van der Waals surface area contributed by atoms with Gasteiger partial charge in [-0.1, -0.05) is 39.0 Å². The summed E-state index contributed by atoms with van der Waals surface area (Å²) in [4.78, 5) is 0. The molecule has 0 aliphatic carbocycles. The number of hydrogen-bond acceptors (Lipinski definition) is 2. The molecule has 1 nitrogen and oxygen atoms in total. The Labute approximate surface area is 86.5 Å². The van der Waals surface area contributed by atoms with Gasteiger partial charge < -0.3 is 0 Å². The molecule has 0 radical (unpaired) electrons. The van der Waals surface area contributed by atoms with E-state index >= 15 is 0 Å². The van der Waals surface area contributed by atoms with Crippen LogP contribution in [0.25, 0.3) is 0 Å². The molecule has 0 N–H and O–H groups in total. The minimum Gasteiger partial charge on any atom is -0.226 e. The van der Waals surface area contributed by atoms with Crippen molar-refractivity contribution in [3.63, 3.8) is 0 Å². The fourth-order valence-electron chi connectivity index (χ4n) is 1.63. The van der Waals surface area contributed by atoms with Gasteiger partial charge in [-0.3, -0.25) is 0 Å². The highest BCUT2D eigenvalue weighted by molar-refractivity contribution is 7.98. The average molecular weight is 199 g/mol. The van der Waals surface area contributed by atoms with Crippen LogP contribution in [0.3, 0.4) is 0 Å². The maximum atomic E-state index is 4.40. The van der Waals surface area contributed by atoms with Crippen LogP contribution in [-0.4, -0.2) is 11.5 Å². The smallest absolute Gasteiger partial charge is 0.0271 e. The first kappa shape index (κ1) is 11.1. The van der Waals surface area contributed by atoms with Crippen molar-refractivity contribution < 1.29 is 0 Å². The Morgan fingerprint density at radius 2 is 1.92 bits per heavy atom. The molecule has 1 aliphatic heterocycles. The molecule has 1 rings (SSSR count). The lowest BCUT2D eigenvalue weighted by Crippen LogP contribution is -1.93. The van der Waals surface area contributed by atoms with Crippen LogP contribution in [0.4, 0.5) is 0 Å². The van der Waals surface area contributed by atoms with Gasteiger partial charge >= 0.3 is 0 Å². The maximum absolute atomic E-state index is 4.40. The molecule has 0 saturated heterocycles. The summed E-state index contributed by atoms with van der Waals surface area (Å²) >= 11 is 1.74. The first-order valence-electron chi connectivity index (χ1n) is 5.61. The van der Waals surface area contributed by atoms with E-state index in [1.807, 2.05) is 0 Å². The third-order valence-corrected chi connectivity index (χ3v) is 3.27. The molecule has 2 heteroatoms. The summed E-state index contributed by atoms with van der Waals surface area (Å²) in [7, 11) is 0. The Morgan fingerprint density at radius 3 is 2.62 bits per heavy atom. The monoisotopic (exact) mass is 199 g/mol. The normalized spacial score (nSPS) is 16.2. The second-order valence-corrected chi connectivity index (χ2v) is 4.61. The lowest BCUT2D eigenvalue weighted by Gasteiger charge is -2.00. The highest BCUT2D eigenvalue weighted by Gasteiger charge is 2.05. The second kappa shape index (κ2) is 7.43. The van der Waals surface area contributed by atoms with Crippen molar-refractivity contribution in [2.24, 2.45) is 4.40 Å². The fraction of sp³-hybridized carbons (Fsp3) is 0.909. The van der Waals surface area contributed by atoms with E-state index < -0.39 is 0 Å². The minimum absolute atomic E-state index is 1.23. The molecule has 0 saturated carbocycles. The van der Waals surface area contributed by atoms with E-state index in [0.29, 0.717) is 0 Å². The third-order valence-electron chi connectivity index (χ3n) is 2.49. The standard InChI is InChI=1S/C11H21NS/c1-2-3-4-5-6-7-8-11-9-10-13-12-11/h2-10H2,1H3. The molecule has 1 aliphatic rings. The highest BCUT2D eigenvalue weighted by atomic mass is 32.2. The molecular weight excluding hydrogens is 178 g/mol. The summed E-state index contributed by atoms with van der Waals surface area (Å²) in [5.74, 6) is 1.23. The lowest BCUT2D eigenvalue weighted by molar-refractivity contribution is 0.615. The van der Waals surface area contributed by atoms with Crippen LogP contribution < -0.4 is 0 Å². The Bertz CT molecular complexity index is 154. The number of nitrogens with zero attached hydrogens (tertiary/aromatic N) is 1. The van der Waals surface area contributed by atoms with Gasteiger partial charge in [0.1, 0.15) is 0 Å². The van der Waals surface area contributed by atoms with Crippen molar-refractivity contribution in [2.75, 3.05) is 5.75 Å². The van der Waals surface area contributed by atoms with Gasteiger partial charge in [-0.2, -0.15) is 0 Å². The molecule has 0 aromatic rings. The predicted octanol–water partition coefficient (Wildman–Crippen LogP) is 4.23. The first-order valence-corrected chi connectivity index (χ1v) is 6.55. The quantitative estimate of drug-likeness (QED) is 0.441. The van der Waals surface area contributed by atoms with Crippen LogP contribution in [0.2, 0.25) is 0 Å². The zero-order valence-corrected chi connectivity index (χ0v) is 9.54. The molecule has 0 aromatic heterocycles. The second-order valence-electron chi connectivity index (χ2n) is 3.76. The summed E-state index contributed by atoms with van der Waals surface area (Å²) in [6, 6.07) is 0. The van der Waals surface area contributed by atoms with Crippen LogP contribution in [0.15, 0.2) is 4.40 Å². The van der Waals surface area contributed by atoms with Gasteiger partial charge in [0, 0.05) is 11.5 Å². The Hall–Kier alpha value is 0.0200. The summed E-state index contributed by atoms with van der Waals surface area (Å²) in [6.07, 6.45) is 10.9. The van der Waals surface area contributed by atoms with Gasteiger partial charge in [-0.25, -0.2) is 4.40 Å². The van der Waals surface area contributed by atoms with Gasteiger partial charge in [0.05, 0.1) is 0 Å². The molecule has 76 valence electrons. The number of unbranched alkanes of at least 4 members (excludes halogenated alkanes) is 5. The first-order chi connectivity index (χ1) is 6.43. The van der Waals surface area contributed by atoms with E-state index in [2.05, 4.69) is 11.3 Å². The predicted molar refractivity (Wildman–Crippen MR) is 62.5 cm³/mol. The molecule has 0 fully saturated rings. The number of hydrogen-bond donors (Lipinski definition) is 0. The molecule has 0 aromatic carbocycles. The van der Waals surface area contributed by atoms with Gasteiger partial charge in [0.25, 0.3) is 0 Å². The van der Waals surface area contributed by atoms with Crippen molar-refractivity contribution in [1.82, 2.24) is 0 Å². The lowest BCUT2D eigenvalue weighted by atomic mass is 10.1. The average Bonchev–Trinajstić information content (AvgIpc) is 2.63. The zero-order valence-electron chi connectivity index (χ0n) is 8.72. The molecule has 13 heavy (non-hydrogen) atoms. The van der Waals surface area contributed by atoms with Gasteiger partial charge in [-0.15, -0.1) is 0 Å². The van der Waals surface area contributed by atoms with Crippen LogP contribution in [-0.2, 0) is 0 Å². The van der Waals surface area contributed by atoms with E-state index in [1.165, 1.54) is 62.8 Å². The Balaban J connectivity index is 1.83. The summed E-state index contributed by atoms with van der Waals surface area (Å²) in [6.45, 7) is 2.27. The Morgan fingerprint density at radius 1 is 1.15 bits per heavy atom. The topological polar surface area (TPSA) is 12.4 Å². The summed E-state index contributed by atoms with van der Waals surface area (Å²) < 4.78 is 4.40. The largest absolute Gasteiger partial charge is 0.226 e. The van der Waals surface area contributed by atoms with Crippen molar-refractivity contribution in [1.29, 1.82) is 0 Å². The highest BCUT2D eigenvalue weighted by Crippen LogP contribution is 2.18. The molecule has 0 bridgehead atoms. The third kappa shape index (κ3) is 5.35. The van der Waals surface area contributed by atoms with Gasteiger partial charge in [0.15, 0.2) is 0 Å². The molecule has 0 spiro atoms. The van der Waals surface area contributed by atoms with E-state index in [4.69, 9.17) is 0 Å². The summed E-state index contributed by atoms with van der Waals surface area (Å²) in [5.41, 5.74) is 1.46. The summed E-state index contributed by atoms with van der Waals surface area (Å²) in [5, 5.41) is 0. The van der Waals surface area contributed by atoms with Crippen molar-refractivity contribution in [3.05, 3.63) is 0 Å². The molecule has 0 unspecified atom stereocenters. The van der Waals surface area contributed by atoms with Gasteiger partial charge in [-0.05, 0) is 31.2 Å². The van der Waals surface area contributed by atoms with E-state index in [0.717, 1.165) is 0 Å². The van der Waals surface area contributed by atoms with Crippen LogP contribution in [0.5, 0.6) is 0 Å². The van der Waals surface area contributed by atoms with Crippen molar-refractivity contribution in [2.45, 2.75) is 58.3 Å². The molecular formula is C11H21NS. The minimum atomic E-state index is 1.23. The molecule has 1 heterocycles. The maximum Gasteiger partial charge on any atom is 0.0271 e. The fourth-order valence-corrected chi connectivity index (χ4v) is 2.41. The molecule has 0 amide bonds. The van der Waals surface area contributed by atoms with Crippen LogP contribution in [0.1, 0.15) is 58.3 Å². The van der Waals surface area contributed by atoms with Crippen LogP contribution >= 0.6 is 11.9 Å². The van der Waals surface area contributed by atoms with Crippen LogP contribution in [0, 0.1) is 0 Å². The van der Waals surface area contributed by atoms with Gasteiger partial charge in [0.2, 0.25) is 0 Å². The SMILES string of the molecule is CCCCCCCCC1=NSCC1. The number of rotatable bonds is 7. The molecule has 0 atom stereocenters. The van der Waals surface area contributed by atoms with E-state index in [9.17, 15) is 0 Å². The Kier molecular flexibility index (Phi) is 6.34.